The molecule has 0 atom stereocenters. The van der Waals surface area contributed by atoms with E-state index >= 15 is 0 Å². The Hall–Kier alpha value is -2.89. The first-order chi connectivity index (χ1) is 9.49. The summed E-state index contributed by atoms with van der Waals surface area (Å²) in [7, 11) is 0. The summed E-state index contributed by atoms with van der Waals surface area (Å²) in [5, 5.41) is 22.8. The SMILES string of the molecule is Cc1c(O)cccc1NC(=O)c1cccc([N+](=O)[O-])c1. The number of carbonyl (C=O) groups excluding carboxylic acids is 1. The number of hydrogen-bond acceptors (Lipinski definition) is 4. The second-order valence-electron chi connectivity index (χ2n) is 4.21. The number of carbonyl (C=O) groups is 1. The number of phenols is 1. The van der Waals surface area contributed by atoms with Gasteiger partial charge in [0.15, 0.2) is 0 Å². The standard InChI is InChI=1S/C14H12N2O4/c1-9-12(6-3-7-13(9)17)15-14(18)10-4-2-5-11(8-10)16(19)20/h2-8,17H,1H3,(H,15,18). The molecular formula is C14H12N2O4. The molecule has 0 fully saturated rings. The van der Waals surface area contributed by atoms with Crippen LogP contribution in [-0.2, 0) is 0 Å². The molecule has 0 spiro atoms. The first-order valence-electron chi connectivity index (χ1n) is 5.83. The molecule has 2 N–H and O–H groups in total. The van der Waals surface area contributed by atoms with E-state index < -0.39 is 10.8 Å². The van der Waals surface area contributed by atoms with Gasteiger partial charge < -0.3 is 10.4 Å². The fourth-order valence-electron chi connectivity index (χ4n) is 1.71. The van der Waals surface area contributed by atoms with E-state index in [1.807, 2.05) is 0 Å². The largest absolute Gasteiger partial charge is 0.508 e. The number of rotatable bonds is 3. The molecule has 102 valence electrons. The van der Waals surface area contributed by atoms with Gasteiger partial charge in [0.05, 0.1) is 4.92 Å². The maximum absolute atomic E-state index is 12.0. The summed E-state index contributed by atoms with van der Waals surface area (Å²) < 4.78 is 0. The molecule has 0 aliphatic carbocycles. The van der Waals surface area contributed by atoms with Crippen LogP contribution in [0.25, 0.3) is 0 Å². The van der Waals surface area contributed by atoms with E-state index in [0.717, 1.165) is 0 Å². The quantitative estimate of drug-likeness (QED) is 0.663. The van der Waals surface area contributed by atoms with Crippen molar-refractivity contribution in [2.75, 3.05) is 5.32 Å². The average Bonchev–Trinajstić information content (AvgIpc) is 2.44. The van der Waals surface area contributed by atoms with Crippen molar-refractivity contribution in [2.24, 2.45) is 0 Å². The van der Waals surface area contributed by atoms with Gasteiger partial charge in [-0.1, -0.05) is 12.1 Å². The molecule has 0 aromatic heterocycles. The first-order valence-corrected chi connectivity index (χ1v) is 5.83. The summed E-state index contributed by atoms with van der Waals surface area (Å²) in [6.45, 7) is 1.67. The van der Waals surface area contributed by atoms with Crippen molar-refractivity contribution >= 4 is 17.3 Å². The van der Waals surface area contributed by atoms with Crippen LogP contribution in [0.4, 0.5) is 11.4 Å². The topological polar surface area (TPSA) is 92.5 Å². The Bertz CT molecular complexity index is 683. The van der Waals surface area contributed by atoms with Crippen molar-refractivity contribution in [3.8, 4) is 5.75 Å². The minimum atomic E-state index is -0.559. The van der Waals surface area contributed by atoms with Crippen molar-refractivity contribution in [3.63, 3.8) is 0 Å². The maximum atomic E-state index is 12.0. The van der Waals surface area contributed by atoms with Gasteiger partial charge in [-0.15, -0.1) is 0 Å². The van der Waals surface area contributed by atoms with Crippen LogP contribution in [0.1, 0.15) is 15.9 Å². The van der Waals surface area contributed by atoms with E-state index in [2.05, 4.69) is 5.32 Å². The predicted molar refractivity (Wildman–Crippen MR) is 73.9 cm³/mol. The average molecular weight is 272 g/mol. The minimum Gasteiger partial charge on any atom is -0.508 e. The highest BCUT2D eigenvalue weighted by Gasteiger charge is 2.13. The lowest BCUT2D eigenvalue weighted by Gasteiger charge is -2.09. The number of anilines is 1. The number of hydrogen-bond donors (Lipinski definition) is 2. The molecule has 1 amide bonds. The van der Waals surface area contributed by atoms with Crippen LogP contribution in [0.15, 0.2) is 42.5 Å². The van der Waals surface area contributed by atoms with E-state index in [9.17, 15) is 20.0 Å². The Kier molecular flexibility index (Phi) is 3.65. The zero-order valence-electron chi connectivity index (χ0n) is 10.7. The van der Waals surface area contributed by atoms with E-state index in [0.29, 0.717) is 11.3 Å². The van der Waals surface area contributed by atoms with Gasteiger partial charge in [0.2, 0.25) is 0 Å². The lowest BCUT2D eigenvalue weighted by Crippen LogP contribution is -2.12. The molecule has 0 aliphatic heterocycles. The fourth-order valence-corrected chi connectivity index (χ4v) is 1.71. The second kappa shape index (κ2) is 5.40. The van der Waals surface area contributed by atoms with Gasteiger partial charge in [-0.3, -0.25) is 14.9 Å². The van der Waals surface area contributed by atoms with Gasteiger partial charge >= 0.3 is 0 Å². The number of nitrogens with one attached hydrogen (secondary N) is 1. The Morgan fingerprint density at radius 1 is 1.25 bits per heavy atom. The monoisotopic (exact) mass is 272 g/mol. The van der Waals surface area contributed by atoms with Gasteiger partial charge in [-0.05, 0) is 25.1 Å². The first kappa shape index (κ1) is 13.5. The second-order valence-corrected chi connectivity index (χ2v) is 4.21. The lowest BCUT2D eigenvalue weighted by molar-refractivity contribution is -0.384. The molecule has 6 heteroatoms. The molecule has 0 heterocycles. The number of non-ortho nitro benzene ring substituents is 1. The van der Waals surface area contributed by atoms with E-state index in [1.54, 1.807) is 19.1 Å². The van der Waals surface area contributed by atoms with Crippen LogP contribution < -0.4 is 5.32 Å². The third kappa shape index (κ3) is 2.74. The number of aromatic hydroxyl groups is 1. The number of amides is 1. The molecule has 0 saturated heterocycles. The molecular weight excluding hydrogens is 260 g/mol. The highest BCUT2D eigenvalue weighted by atomic mass is 16.6. The summed E-state index contributed by atoms with van der Waals surface area (Å²) in [4.78, 5) is 22.2. The predicted octanol–water partition coefficient (Wildman–Crippen LogP) is 2.86. The summed E-state index contributed by atoms with van der Waals surface area (Å²) in [6, 6.07) is 10.2. The molecule has 0 bridgehead atoms. The van der Waals surface area contributed by atoms with E-state index in [1.165, 1.54) is 30.3 Å². The maximum Gasteiger partial charge on any atom is 0.270 e. The molecule has 0 radical (unpaired) electrons. The van der Waals surface area contributed by atoms with Crippen molar-refractivity contribution in [2.45, 2.75) is 6.92 Å². The lowest BCUT2D eigenvalue weighted by atomic mass is 10.1. The van der Waals surface area contributed by atoms with Gasteiger partial charge in [0.1, 0.15) is 5.75 Å². The van der Waals surface area contributed by atoms with Crippen LogP contribution >= 0.6 is 0 Å². The van der Waals surface area contributed by atoms with Crippen LogP contribution in [0.5, 0.6) is 5.75 Å². The van der Waals surface area contributed by atoms with Crippen molar-refractivity contribution in [3.05, 3.63) is 63.7 Å². The smallest absolute Gasteiger partial charge is 0.270 e. The number of nitro groups is 1. The summed E-state index contributed by atoms with van der Waals surface area (Å²) in [5.74, 6) is -0.399. The zero-order valence-corrected chi connectivity index (χ0v) is 10.7. The van der Waals surface area contributed by atoms with Gasteiger partial charge in [-0.2, -0.15) is 0 Å². The van der Waals surface area contributed by atoms with E-state index in [4.69, 9.17) is 0 Å². The molecule has 20 heavy (non-hydrogen) atoms. The third-order valence-corrected chi connectivity index (χ3v) is 2.87. The van der Waals surface area contributed by atoms with Crippen molar-refractivity contribution < 1.29 is 14.8 Å². The normalized spacial score (nSPS) is 10.1. The van der Waals surface area contributed by atoms with Crippen LogP contribution in [0.3, 0.4) is 0 Å². The molecule has 0 unspecified atom stereocenters. The van der Waals surface area contributed by atoms with Crippen LogP contribution in [-0.4, -0.2) is 15.9 Å². The van der Waals surface area contributed by atoms with Crippen molar-refractivity contribution in [1.82, 2.24) is 0 Å². The zero-order chi connectivity index (χ0) is 14.7. The summed E-state index contributed by atoms with van der Waals surface area (Å²) in [5.41, 5.74) is 1.03. The third-order valence-electron chi connectivity index (χ3n) is 2.87. The highest BCUT2D eigenvalue weighted by molar-refractivity contribution is 6.05. The fraction of sp³-hybridized carbons (Fsp3) is 0.0714. The van der Waals surface area contributed by atoms with Crippen LogP contribution in [0.2, 0.25) is 0 Å². The number of nitro benzene ring substituents is 1. The number of phenolic OH excluding ortho intramolecular Hbond substituents is 1. The molecule has 0 aliphatic rings. The summed E-state index contributed by atoms with van der Waals surface area (Å²) in [6.07, 6.45) is 0. The minimum absolute atomic E-state index is 0.0712. The van der Waals surface area contributed by atoms with Gasteiger partial charge in [0.25, 0.3) is 11.6 Å². The Labute approximate surface area is 114 Å². The van der Waals surface area contributed by atoms with Gasteiger partial charge in [0, 0.05) is 28.9 Å². The molecule has 6 nitrogen and oxygen atoms in total. The Balaban J connectivity index is 2.26. The Morgan fingerprint density at radius 3 is 2.65 bits per heavy atom. The molecule has 2 rings (SSSR count). The Morgan fingerprint density at radius 2 is 1.95 bits per heavy atom. The highest BCUT2D eigenvalue weighted by Crippen LogP contribution is 2.24. The van der Waals surface area contributed by atoms with Crippen LogP contribution in [0, 0.1) is 17.0 Å². The number of benzene rings is 2. The molecule has 0 saturated carbocycles. The molecule has 2 aromatic rings. The van der Waals surface area contributed by atoms with Gasteiger partial charge in [-0.25, -0.2) is 0 Å². The summed E-state index contributed by atoms with van der Waals surface area (Å²) >= 11 is 0. The van der Waals surface area contributed by atoms with Crippen molar-refractivity contribution in [1.29, 1.82) is 0 Å². The molecule has 2 aromatic carbocycles. The van der Waals surface area contributed by atoms with E-state index in [-0.39, 0.29) is 17.0 Å². The number of nitrogens with zero attached hydrogens (tertiary/aromatic N) is 1.